The first kappa shape index (κ1) is 8.38. The highest BCUT2D eigenvalue weighted by Gasteiger charge is 2.25. The number of quaternary nitrogens is 1. The SMILES string of the molecule is C[C@H]([NH3+])[C@H]1COc2ccccc2O1. The van der Waals surface area contributed by atoms with Crippen LogP contribution in [0.3, 0.4) is 0 Å². The van der Waals surface area contributed by atoms with Crippen LogP contribution in [0.5, 0.6) is 11.5 Å². The highest BCUT2D eigenvalue weighted by molar-refractivity contribution is 5.40. The molecule has 13 heavy (non-hydrogen) atoms. The summed E-state index contributed by atoms with van der Waals surface area (Å²) in [4.78, 5) is 0. The van der Waals surface area contributed by atoms with Crippen molar-refractivity contribution in [2.75, 3.05) is 6.61 Å². The van der Waals surface area contributed by atoms with Gasteiger partial charge in [0.15, 0.2) is 17.6 Å². The molecule has 3 nitrogen and oxygen atoms in total. The van der Waals surface area contributed by atoms with Gasteiger partial charge in [0.2, 0.25) is 0 Å². The van der Waals surface area contributed by atoms with Gasteiger partial charge in [-0.05, 0) is 19.1 Å². The fraction of sp³-hybridized carbons (Fsp3) is 0.400. The highest BCUT2D eigenvalue weighted by atomic mass is 16.6. The number of hydrogen-bond donors (Lipinski definition) is 1. The van der Waals surface area contributed by atoms with Gasteiger partial charge in [-0.1, -0.05) is 12.1 Å². The van der Waals surface area contributed by atoms with Crippen LogP contribution in [0.4, 0.5) is 0 Å². The lowest BCUT2D eigenvalue weighted by Gasteiger charge is -2.26. The third kappa shape index (κ3) is 1.60. The van der Waals surface area contributed by atoms with E-state index in [9.17, 15) is 0 Å². The van der Waals surface area contributed by atoms with Crippen molar-refractivity contribution in [2.45, 2.75) is 19.1 Å². The van der Waals surface area contributed by atoms with Crippen LogP contribution >= 0.6 is 0 Å². The minimum absolute atomic E-state index is 0.0786. The van der Waals surface area contributed by atoms with E-state index in [0.29, 0.717) is 6.61 Å². The van der Waals surface area contributed by atoms with Crippen molar-refractivity contribution in [1.29, 1.82) is 0 Å². The van der Waals surface area contributed by atoms with Crippen molar-refractivity contribution in [1.82, 2.24) is 0 Å². The Morgan fingerprint density at radius 3 is 2.77 bits per heavy atom. The summed E-state index contributed by atoms with van der Waals surface area (Å²) in [7, 11) is 0. The smallest absolute Gasteiger partial charge is 0.183 e. The molecule has 1 aliphatic rings. The average molecular weight is 180 g/mol. The summed E-state index contributed by atoms with van der Waals surface area (Å²) in [6.45, 7) is 2.63. The molecule has 0 bridgehead atoms. The maximum Gasteiger partial charge on any atom is 0.183 e. The van der Waals surface area contributed by atoms with Crippen molar-refractivity contribution < 1.29 is 15.2 Å². The van der Waals surface area contributed by atoms with E-state index >= 15 is 0 Å². The van der Waals surface area contributed by atoms with E-state index in [2.05, 4.69) is 5.73 Å². The summed E-state index contributed by atoms with van der Waals surface area (Å²) in [5, 5.41) is 0. The molecule has 70 valence electrons. The quantitative estimate of drug-likeness (QED) is 0.682. The minimum atomic E-state index is 0.0786. The Morgan fingerprint density at radius 2 is 2.08 bits per heavy atom. The Labute approximate surface area is 77.5 Å². The molecular weight excluding hydrogens is 166 g/mol. The van der Waals surface area contributed by atoms with Crippen molar-refractivity contribution in [3.8, 4) is 11.5 Å². The summed E-state index contributed by atoms with van der Waals surface area (Å²) in [6.07, 6.45) is 0.0786. The molecule has 0 aromatic heterocycles. The first-order valence-corrected chi connectivity index (χ1v) is 4.49. The Balaban J connectivity index is 2.20. The summed E-state index contributed by atoms with van der Waals surface area (Å²) in [5.74, 6) is 1.66. The molecule has 3 heteroatoms. The molecule has 1 aromatic carbocycles. The van der Waals surface area contributed by atoms with E-state index in [-0.39, 0.29) is 12.1 Å². The van der Waals surface area contributed by atoms with Gasteiger partial charge in [-0.3, -0.25) is 0 Å². The standard InChI is InChI=1S/C10H13NO2/c1-7(11)10-6-12-8-4-2-3-5-9(8)13-10/h2-5,7,10H,6,11H2,1H3/p+1/t7-,10+/m0/s1. The molecule has 0 saturated heterocycles. The van der Waals surface area contributed by atoms with Crippen molar-refractivity contribution >= 4 is 0 Å². The molecule has 0 saturated carbocycles. The molecule has 2 atom stereocenters. The molecule has 1 aliphatic heterocycles. The van der Waals surface area contributed by atoms with E-state index in [0.717, 1.165) is 11.5 Å². The van der Waals surface area contributed by atoms with E-state index < -0.39 is 0 Å². The number of para-hydroxylation sites is 2. The second kappa shape index (κ2) is 3.26. The lowest BCUT2D eigenvalue weighted by atomic mass is 10.2. The maximum absolute atomic E-state index is 5.71. The van der Waals surface area contributed by atoms with Gasteiger partial charge < -0.3 is 15.2 Å². The normalized spacial score (nSPS) is 22.5. The average Bonchev–Trinajstić information content (AvgIpc) is 2.17. The topological polar surface area (TPSA) is 46.1 Å². The fourth-order valence-corrected chi connectivity index (χ4v) is 1.32. The molecule has 0 spiro atoms. The zero-order valence-electron chi connectivity index (χ0n) is 7.69. The van der Waals surface area contributed by atoms with E-state index in [1.165, 1.54) is 0 Å². The van der Waals surface area contributed by atoms with E-state index in [1.54, 1.807) is 0 Å². The Bertz CT molecular complexity index is 299. The molecule has 0 aliphatic carbocycles. The summed E-state index contributed by atoms with van der Waals surface area (Å²) in [5.41, 5.74) is 3.93. The molecule has 0 radical (unpaired) electrons. The molecular formula is C10H14NO2+. The van der Waals surface area contributed by atoms with Crippen molar-refractivity contribution in [3.63, 3.8) is 0 Å². The van der Waals surface area contributed by atoms with Crippen LogP contribution in [0.2, 0.25) is 0 Å². The largest absolute Gasteiger partial charge is 0.486 e. The number of ether oxygens (including phenoxy) is 2. The third-order valence-corrected chi connectivity index (χ3v) is 2.17. The summed E-state index contributed by atoms with van der Waals surface area (Å²) >= 11 is 0. The van der Waals surface area contributed by atoms with Gasteiger partial charge in [0.1, 0.15) is 12.6 Å². The van der Waals surface area contributed by atoms with Crippen LogP contribution in [0, 0.1) is 0 Å². The van der Waals surface area contributed by atoms with Gasteiger partial charge in [-0.15, -0.1) is 0 Å². The number of rotatable bonds is 1. The van der Waals surface area contributed by atoms with Gasteiger partial charge in [-0.25, -0.2) is 0 Å². The monoisotopic (exact) mass is 180 g/mol. The predicted molar refractivity (Wildman–Crippen MR) is 48.7 cm³/mol. The second-order valence-electron chi connectivity index (χ2n) is 3.39. The third-order valence-electron chi connectivity index (χ3n) is 2.17. The molecule has 0 fully saturated rings. The Hall–Kier alpha value is -1.22. The maximum atomic E-state index is 5.71. The number of benzene rings is 1. The molecule has 0 amide bonds. The van der Waals surface area contributed by atoms with E-state index in [1.807, 2.05) is 31.2 Å². The lowest BCUT2D eigenvalue weighted by molar-refractivity contribution is -0.431. The molecule has 2 rings (SSSR count). The van der Waals surface area contributed by atoms with E-state index in [4.69, 9.17) is 9.47 Å². The molecule has 1 aromatic rings. The summed E-state index contributed by atoms with van der Waals surface area (Å²) in [6, 6.07) is 7.96. The van der Waals surface area contributed by atoms with Crippen LogP contribution in [0.15, 0.2) is 24.3 Å². The van der Waals surface area contributed by atoms with Crippen LogP contribution in [0.25, 0.3) is 0 Å². The molecule has 3 N–H and O–H groups in total. The summed E-state index contributed by atoms with van der Waals surface area (Å²) < 4.78 is 11.2. The minimum Gasteiger partial charge on any atom is -0.486 e. The number of hydrogen-bond acceptors (Lipinski definition) is 2. The molecule has 0 unspecified atom stereocenters. The van der Waals surface area contributed by atoms with Gasteiger partial charge in [0.25, 0.3) is 0 Å². The van der Waals surface area contributed by atoms with Gasteiger partial charge in [0, 0.05) is 0 Å². The first-order valence-electron chi connectivity index (χ1n) is 4.49. The molecule has 1 heterocycles. The zero-order chi connectivity index (χ0) is 9.26. The first-order chi connectivity index (χ1) is 6.27. The Morgan fingerprint density at radius 1 is 1.38 bits per heavy atom. The zero-order valence-corrected chi connectivity index (χ0v) is 7.69. The van der Waals surface area contributed by atoms with Gasteiger partial charge >= 0.3 is 0 Å². The van der Waals surface area contributed by atoms with Crippen molar-refractivity contribution in [3.05, 3.63) is 24.3 Å². The fourth-order valence-electron chi connectivity index (χ4n) is 1.32. The lowest BCUT2D eigenvalue weighted by Crippen LogP contribution is -2.67. The van der Waals surface area contributed by atoms with Crippen LogP contribution in [-0.2, 0) is 0 Å². The van der Waals surface area contributed by atoms with Gasteiger partial charge in [-0.2, -0.15) is 0 Å². The van der Waals surface area contributed by atoms with Crippen LogP contribution in [0.1, 0.15) is 6.92 Å². The highest BCUT2D eigenvalue weighted by Crippen LogP contribution is 2.30. The van der Waals surface area contributed by atoms with Crippen LogP contribution in [-0.4, -0.2) is 18.8 Å². The Kier molecular flexibility index (Phi) is 2.10. The van der Waals surface area contributed by atoms with Crippen molar-refractivity contribution in [2.24, 2.45) is 0 Å². The second-order valence-corrected chi connectivity index (χ2v) is 3.39. The number of fused-ring (bicyclic) bond motifs is 1. The predicted octanol–water partition coefficient (Wildman–Crippen LogP) is 0.457. The van der Waals surface area contributed by atoms with Crippen LogP contribution < -0.4 is 15.2 Å². The van der Waals surface area contributed by atoms with Gasteiger partial charge in [0.05, 0.1) is 0 Å².